The van der Waals surface area contributed by atoms with Gasteiger partial charge in [-0.15, -0.1) is 11.3 Å². The van der Waals surface area contributed by atoms with Gasteiger partial charge in [-0.05, 0) is 13.1 Å². The van der Waals surface area contributed by atoms with Crippen LogP contribution >= 0.6 is 11.3 Å². The van der Waals surface area contributed by atoms with Crippen LogP contribution in [0.4, 0.5) is 5.13 Å². The van der Waals surface area contributed by atoms with E-state index in [9.17, 15) is 13.2 Å². The number of aromatic nitrogens is 2. The Morgan fingerprint density at radius 1 is 1.24 bits per heavy atom. The van der Waals surface area contributed by atoms with Crippen molar-refractivity contribution in [1.82, 2.24) is 14.3 Å². The summed E-state index contributed by atoms with van der Waals surface area (Å²) < 4.78 is 27.4. The number of hydrogen-bond acceptors (Lipinski definition) is 5. The van der Waals surface area contributed by atoms with Gasteiger partial charge in [0.2, 0.25) is 10.0 Å². The first-order chi connectivity index (χ1) is 11.9. The van der Waals surface area contributed by atoms with Crippen LogP contribution < -0.4 is 10.0 Å². The number of nitrogens with zero attached hydrogens (tertiary/aromatic N) is 2. The molecule has 2 heterocycles. The first kappa shape index (κ1) is 17.3. The number of rotatable bonds is 5. The molecule has 3 rings (SSSR count). The van der Waals surface area contributed by atoms with Gasteiger partial charge in [-0.25, -0.2) is 18.1 Å². The van der Waals surface area contributed by atoms with E-state index in [2.05, 4.69) is 15.0 Å². The lowest BCUT2D eigenvalue weighted by Crippen LogP contribution is -2.18. The molecule has 0 aliphatic heterocycles. The summed E-state index contributed by atoms with van der Waals surface area (Å²) >= 11 is 1.31. The average Bonchev–Trinajstić information content (AvgIpc) is 3.22. The van der Waals surface area contributed by atoms with E-state index in [1.54, 1.807) is 7.05 Å². The monoisotopic (exact) mass is 376 g/mol. The van der Waals surface area contributed by atoms with E-state index in [-0.39, 0.29) is 10.6 Å². The van der Waals surface area contributed by atoms with Crippen LogP contribution in [-0.4, -0.2) is 30.9 Å². The maximum Gasteiger partial charge on any atom is 0.274 e. The Morgan fingerprint density at radius 3 is 2.64 bits per heavy atom. The van der Waals surface area contributed by atoms with Crippen molar-refractivity contribution in [2.45, 2.75) is 4.90 Å². The molecular formula is C16H16N4O3S2. The summed E-state index contributed by atoms with van der Waals surface area (Å²) in [6.45, 7) is 0. The minimum atomic E-state index is -3.60. The van der Waals surface area contributed by atoms with E-state index < -0.39 is 15.9 Å². The maximum absolute atomic E-state index is 12.4. The number of nitrogens with one attached hydrogen (secondary N) is 2. The van der Waals surface area contributed by atoms with Crippen molar-refractivity contribution in [3.8, 4) is 11.3 Å². The Hall–Kier alpha value is -2.49. The molecule has 0 bridgehead atoms. The third kappa shape index (κ3) is 3.63. The van der Waals surface area contributed by atoms with Crippen LogP contribution in [0.2, 0.25) is 0 Å². The zero-order chi connectivity index (χ0) is 18.0. The summed E-state index contributed by atoms with van der Waals surface area (Å²) in [5.41, 5.74) is 1.96. The molecule has 0 saturated heterocycles. The molecule has 3 aromatic rings. The molecular weight excluding hydrogens is 360 g/mol. The molecule has 0 spiro atoms. The van der Waals surface area contributed by atoms with E-state index in [1.165, 1.54) is 35.2 Å². The van der Waals surface area contributed by atoms with Crippen molar-refractivity contribution in [2.24, 2.45) is 7.05 Å². The van der Waals surface area contributed by atoms with Crippen molar-refractivity contribution in [3.63, 3.8) is 0 Å². The van der Waals surface area contributed by atoms with Gasteiger partial charge in [-0.3, -0.25) is 10.1 Å². The van der Waals surface area contributed by atoms with Crippen LogP contribution in [0.3, 0.4) is 0 Å². The zero-order valence-corrected chi connectivity index (χ0v) is 15.2. The second kappa shape index (κ2) is 6.79. The van der Waals surface area contributed by atoms with Gasteiger partial charge in [0.15, 0.2) is 5.13 Å². The number of aryl methyl sites for hydroxylation is 1. The van der Waals surface area contributed by atoms with E-state index in [4.69, 9.17) is 0 Å². The molecule has 9 heteroatoms. The molecule has 0 saturated carbocycles. The molecule has 25 heavy (non-hydrogen) atoms. The predicted molar refractivity (Wildman–Crippen MR) is 97.2 cm³/mol. The fraction of sp³-hybridized carbons (Fsp3) is 0.125. The predicted octanol–water partition coefficient (Wildman–Crippen LogP) is 2.31. The fourth-order valence-corrected chi connectivity index (χ4v) is 3.77. The molecule has 130 valence electrons. The normalized spacial score (nSPS) is 11.4. The summed E-state index contributed by atoms with van der Waals surface area (Å²) in [5.74, 6) is -0.422. The third-order valence-electron chi connectivity index (χ3n) is 3.59. The lowest BCUT2D eigenvalue weighted by atomic mass is 10.2. The van der Waals surface area contributed by atoms with Crippen molar-refractivity contribution in [3.05, 3.63) is 53.7 Å². The summed E-state index contributed by atoms with van der Waals surface area (Å²) in [7, 11) is -0.668. The smallest absolute Gasteiger partial charge is 0.274 e. The Bertz CT molecular complexity index is 1010. The standard InChI is InChI=1S/C16H16N4O3S2/c1-17-25(22,23)12-8-14(20(2)9-12)15(21)19-16-18-13(10-24-16)11-6-4-3-5-7-11/h3-10,17H,1-2H3,(H,18,19,21). The number of amides is 1. The Morgan fingerprint density at radius 2 is 1.96 bits per heavy atom. The van der Waals surface area contributed by atoms with E-state index in [0.717, 1.165) is 11.3 Å². The molecule has 0 aliphatic rings. The third-order valence-corrected chi connectivity index (χ3v) is 5.72. The molecule has 0 fully saturated rings. The van der Waals surface area contributed by atoms with Crippen LogP contribution in [-0.2, 0) is 17.1 Å². The fourth-order valence-electron chi connectivity index (χ4n) is 2.26. The van der Waals surface area contributed by atoms with Crippen molar-refractivity contribution in [1.29, 1.82) is 0 Å². The van der Waals surface area contributed by atoms with Crippen molar-refractivity contribution in [2.75, 3.05) is 12.4 Å². The van der Waals surface area contributed by atoms with Crippen molar-refractivity contribution < 1.29 is 13.2 Å². The van der Waals surface area contributed by atoms with E-state index >= 15 is 0 Å². The average molecular weight is 376 g/mol. The highest BCUT2D eigenvalue weighted by atomic mass is 32.2. The highest BCUT2D eigenvalue weighted by molar-refractivity contribution is 7.89. The van der Waals surface area contributed by atoms with Gasteiger partial charge in [0, 0.05) is 24.2 Å². The lowest BCUT2D eigenvalue weighted by molar-refractivity contribution is 0.101. The molecule has 0 aliphatic carbocycles. The molecule has 2 aromatic heterocycles. The first-order valence-electron chi connectivity index (χ1n) is 7.33. The summed E-state index contributed by atoms with van der Waals surface area (Å²) in [6.07, 6.45) is 1.39. The van der Waals surface area contributed by atoms with Crippen LogP contribution in [0.25, 0.3) is 11.3 Å². The number of anilines is 1. The number of sulfonamides is 1. The van der Waals surface area contributed by atoms with Gasteiger partial charge < -0.3 is 4.57 Å². The Labute approximate surface area is 149 Å². The van der Waals surface area contributed by atoms with Gasteiger partial charge in [-0.1, -0.05) is 30.3 Å². The van der Waals surface area contributed by atoms with Gasteiger partial charge >= 0.3 is 0 Å². The second-order valence-electron chi connectivity index (χ2n) is 5.24. The quantitative estimate of drug-likeness (QED) is 0.715. The molecule has 1 aromatic carbocycles. The minimum absolute atomic E-state index is 0.0340. The summed E-state index contributed by atoms with van der Waals surface area (Å²) in [6, 6.07) is 11.0. The van der Waals surface area contributed by atoms with Gasteiger partial charge in [0.25, 0.3) is 5.91 Å². The van der Waals surface area contributed by atoms with Crippen LogP contribution in [0, 0.1) is 0 Å². The second-order valence-corrected chi connectivity index (χ2v) is 7.98. The number of carbonyl (C=O) groups excluding carboxylic acids is 1. The first-order valence-corrected chi connectivity index (χ1v) is 9.69. The van der Waals surface area contributed by atoms with Crippen molar-refractivity contribution >= 4 is 32.4 Å². The molecule has 0 unspecified atom stereocenters. The topological polar surface area (TPSA) is 93.1 Å². The Kier molecular flexibility index (Phi) is 4.71. The number of benzene rings is 1. The molecule has 0 atom stereocenters. The molecule has 1 amide bonds. The highest BCUT2D eigenvalue weighted by Gasteiger charge is 2.20. The zero-order valence-electron chi connectivity index (χ0n) is 13.6. The summed E-state index contributed by atoms with van der Waals surface area (Å²) in [5, 5.41) is 5.01. The highest BCUT2D eigenvalue weighted by Crippen LogP contribution is 2.25. The SMILES string of the molecule is CNS(=O)(=O)c1cc(C(=O)Nc2nc(-c3ccccc3)cs2)n(C)c1. The summed E-state index contributed by atoms with van der Waals surface area (Å²) in [4.78, 5) is 16.9. The van der Waals surface area contributed by atoms with Gasteiger partial charge in [0.1, 0.15) is 10.6 Å². The molecule has 0 radical (unpaired) electrons. The molecule has 2 N–H and O–H groups in total. The van der Waals surface area contributed by atoms with Crippen LogP contribution in [0.15, 0.2) is 52.9 Å². The molecule has 7 nitrogen and oxygen atoms in total. The maximum atomic E-state index is 12.4. The number of thiazole rings is 1. The van der Waals surface area contributed by atoms with Crippen LogP contribution in [0.1, 0.15) is 10.5 Å². The van der Waals surface area contributed by atoms with Gasteiger partial charge in [0.05, 0.1) is 5.69 Å². The number of hydrogen-bond donors (Lipinski definition) is 2. The minimum Gasteiger partial charge on any atom is -0.345 e. The van der Waals surface area contributed by atoms with E-state index in [0.29, 0.717) is 5.13 Å². The lowest BCUT2D eigenvalue weighted by Gasteiger charge is -2.02. The largest absolute Gasteiger partial charge is 0.345 e. The van der Waals surface area contributed by atoms with Gasteiger partial charge in [-0.2, -0.15) is 0 Å². The van der Waals surface area contributed by atoms with Crippen LogP contribution in [0.5, 0.6) is 0 Å². The van der Waals surface area contributed by atoms with E-state index in [1.807, 2.05) is 35.7 Å². The Balaban J connectivity index is 1.81. The number of carbonyl (C=O) groups is 1.